The summed E-state index contributed by atoms with van der Waals surface area (Å²) in [6, 6.07) is 10.4. The van der Waals surface area contributed by atoms with Crippen LogP contribution in [0.4, 0.5) is 0 Å². The summed E-state index contributed by atoms with van der Waals surface area (Å²) in [4.78, 5) is 4.41. The Labute approximate surface area is 130 Å². The molecule has 4 nitrogen and oxygen atoms in total. The Hall–Kier alpha value is -1.46. The molecule has 0 atom stereocenters. The Balaban J connectivity index is 1.61. The van der Waals surface area contributed by atoms with Gasteiger partial charge in [0.15, 0.2) is 5.82 Å². The average molecular weight is 305 g/mol. The summed E-state index contributed by atoms with van der Waals surface area (Å²) in [6.07, 6.45) is 0.956. The second-order valence-electron chi connectivity index (χ2n) is 6.00. The Morgan fingerprint density at radius 1 is 1.19 bits per heavy atom. The van der Waals surface area contributed by atoms with Crippen LogP contribution in [0.2, 0.25) is 0 Å². The maximum absolute atomic E-state index is 5.64. The summed E-state index contributed by atoms with van der Waals surface area (Å²) in [7, 11) is 0. The molecule has 1 N–H and O–H groups in total. The fourth-order valence-corrected chi connectivity index (χ4v) is 2.50. The minimum absolute atomic E-state index is 0.0185. The molecule has 1 aromatic carbocycles. The molecule has 0 amide bonds. The van der Waals surface area contributed by atoms with E-state index in [1.807, 2.05) is 6.07 Å². The third kappa shape index (κ3) is 5.44. The number of hydrogen-bond donors (Lipinski definition) is 1. The number of aromatic nitrogens is 2. The zero-order valence-corrected chi connectivity index (χ0v) is 13.7. The van der Waals surface area contributed by atoms with Crippen LogP contribution in [-0.2, 0) is 12.0 Å². The summed E-state index contributed by atoms with van der Waals surface area (Å²) in [5, 5.41) is 4.07. The second kappa shape index (κ2) is 7.52. The quantitative estimate of drug-likeness (QED) is 0.797. The molecule has 2 rings (SSSR count). The predicted octanol–water partition coefficient (Wildman–Crippen LogP) is 3.39. The smallest absolute Gasteiger partial charge is 0.293 e. The van der Waals surface area contributed by atoms with Crippen molar-refractivity contribution in [2.45, 2.75) is 39.2 Å². The van der Waals surface area contributed by atoms with Gasteiger partial charge in [-0.2, -0.15) is 9.36 Å². The highest BCUT2D eigenvalue weighted by molar-refractivity contribution is 7.07. The van der Waals surface area contributed by atoms with Crippen molar-refractivity contribution in [2.24, 2.45) is 0 Å². The Morgan fingerprint density at radius 2 is 1.95 bits per heavy atom. The molecule has 0 saturated heterocycles. The van der Waals surface area contributed by atoms with Gasteiger partial charge in [-0.15, -0.1) is 0 Å². The van der Waals surface area contributed by atoms with Crippen LogP contribution in [0.25, 0.3) is 0 Å². The molecule has 1 aromatic heterocycles. The highest BCUT2D eigenvalue weighted by Gasteiger charge is 2.19. The number of nitrogens with one attached hydrogen (secondary N) is 1. The molecule has 0 spiro atoms. The van der Waals surface area contributed by atoms with Crippen LogP contribution in [0.5, 0.6) is 5.19 Å². The molecular weight excluding hydrogens is 282 g/mol. The van der Waals surface area contributed by atoms with Crippen LogP contribution in [0.1, 0.15) is 38.6 Å². The number of ether oxygens (including phenoxy) is 1. The lowest BCUT2D eigenvalue weighted by atomic mass is 9.96. The second-order valence-corrected chi connectivity index (χ2v) is 6.71. The van der Waals surface area contributed by atoms with E-state index in [4.69, 9.17) is 4.74 Å². The topological polar surface area (TPSA) is 47.0 Å². The first kappa shape index (κ1) is 15.9. The van der Waals surface area contributed by atoms with Crippen LogP contribution in [-0.4, -0.2) is 22.5 Å². The Bertz CT molecular complexity index is 534. The molecule has 0 fully saturated rings. The molecule has 21 heavy (non-hydrogen) atoms. The number of rotatable bonds is 7. The summed E-state index contributed by atoms with van der Waals surface area (Å²) >= 11 is 1.33. The third-order valence-electron chi connectivity index (χ3n) is 2.97. The van der Waals surface area contributed by atoms with Crippen molar-refractivity contribution >= 4 is 11.5 Å². The van der Waals surface area contributed by atoms with E-state index < -0.39 is 0 Å². The van der Waals surface area contributed by atoms with Crippen LogP contribution in [0.15, 0.2) is 30.3 Å². The van der Waals surface area contributed by atoms with E-state index in [9.17, 15) is 0 Å². The standard InChI is InChI=1S/C16H23N3OS/c1-16(2,3)14-18-15(21-19-14)20-11-7-10-17-12-13-8-5-4-6-9-13/h4-6,8-9,17H,7,10-12H2,1-3H3. The van der Waals surface area contributed by atoms with Gasteiger partial charge < -0.3 is 10.1 Å². The van der Waals surface area contributed by atoms with E-state index in [-0.39, 0.29) is 5.41 Å². The zero-order chi connectivity index (χ0) is 15.1. The third-order valence-corrected chi connectivity index (χ3v) is 3.60. The van der Waals surface area contributed by atoms with Gasteiger partial charge in [-0.05, 0) is 18.5 Å². The first-order valence-electron chi connectivity index (χ1n) is 7.27. The van der Waals surface area contributed by atoms with E-state index in [1.165, 1.54) is 17.1 Å². The van der Waals surface area contributed by atoms with E-state index in [2.05, 4.69) is 59.7 Å². The molecule has 1 heterocycles. The maximum atomic E-state index is 5.64. The summed E-state index contributed by atoms with van der Waals surface area (Å²) < 4.78 is 9.97. The molecule has 0 unspecified atom stereocenters. The first-order chi connectivity index (χ1) is 10.1. The number of nitrogens with zero attached hydrogens (tertiary/aromatic N) is 2. The van der Waals surface area contributed by atoms with Crippen molar-refractivity contribution in [1.82, 2.24) is 14.7 Å². The van der Waals surface area contributed by atoms with E-state index in [0.29, 0.717) is 11.8 Å². The molecule has 0 aliphatic rings. The Kier molecular flexibility index (Phi) is 5.70. The maximum Gasteiger partial charge on any atom is 0.293 e. The number of hydrogen-bond acceptors (Lipinski definition) is 5. The minimum Gasteiger partial charge on any atom is -0.469 e. The lowest BCUT2D eigenvalue weighted by Crippen LogP contribution is -2.17. The van der Waals surface area contributed by atoms with Gasteiger partial charge in [0, 0.05) is 23.5 Å². The van der Waals surface area contributed by atoms with Gasteiger partial charge in [-0.3, -0.25) is 0 Å². The van der Waals surface area contributed by atoms with Crippen molar-refractivity contribution in [3.8, 4) is 5.19 Å². The van der Waals surface area contributed by atoms with Crippen LogP contribution in [0, 0.1) is 0 Å². The van der Waals surface area contributed by atoms with Gasteiger partial charge in [0.1, 0.15) is 0 Å². The molecule has 0 bridgehead atoms. The predicted molar refractivity (Wildman–Crippen MR) is 86.9 cm³/mol. The van der Waals surface area contributed by atoms with Crippen LogP contribution < -0.4 is 10.1 Å². The van der Waals surface area contributed by atoms with Gasteiger partial charge in [0.2, 0.25) is 0 Å². The molecule has 0 aliphatic carbocycles. The zero-order valence-electron chi connectivity index (χ0n) is 12.9. The fourth-order valence-electron chi connectivity index (χ4n) is 1.76. The highest BCUT2D eigenvalue weighted by atomic mass is 32.1. The summed E-state index contributed by atoms with van der Waals surface area (Å²) in [5.74, 6) is 0.852. The highest BCUT2D eigenvalue weighted by Crippen LogP contribution is 2.24. The van der Waals surface area contributed by atoms with Crippen molar-refractivity contribution in [3.05, 3.63) is 41.7 Å². The van der Waals surface area contributed by atoms with Gasteiger partial charge >= 0.3 is 0 Å². The van der Waals surface area contributed by atoms with E-state index in [1.54, 1.807) is 0 Å². The van der Waals surface area contributed by atoms with Gasteiger partial charge in [0.05, 0.1) is 6.61 Å². The summed E-state index contributed by atoms with van der Waals surface area (Å²) in [5.41, 5.74) is 1.28. The molecule has 0 saturated carbocycles. The SMILES string of the molecule is CC(C)(C)c1nsc(OCCCNCc2ccccc2)n1. The van der Waals surface area contributed by atoms with Gasteiger partial charge in [-0.1, -0.05) is 51.1 Å². The van der Waals surface area contributed by atoms with Crippen molar-refractivity contribution in [2.75, 3.05) is 13.2 Å². The normalized spacial score (nSPS) is 11.6. The summed E-state index contributed by atoms with van der Waals surface area (Å²) in [6.45, 7) is 8.80. The van der Waals surface area contributed by atoms with Crippen molar-refractivity contribution in [3.63, 3.8) is 0 Å². The Morgan fingerprint density at radius 3 is 2.62 bits per heavy atom. The minimum atomic E-state index is -0.0185. The molecule has 5 heteroatoms. The average Bonchev–Trinajstić information content (AvgIpc) is 2.93. The largest absolute Gasteiger partial charge is 0.469 e. The monoisotopic (exact) mass is 305 g/mol. The van der Waals surface area contributed by atoms with E-state index >= 15 is 0 Å². The lowest BCUT2D eigenvalue weighted by molar-refractivity contribution is 0.304. The van der Waals surface area contributed by atoms with Gasteiger partial charge in [0.25, 0.3) is 5.19 Å². The van der Waals surface area contributed by atoms with Crippen LogP contribution >= 0.6 is 11.5 Å². The number of benzene rings is 1. The molecular formula is C16H23N3OS. The molecule has 2 aromatic rings. The molecule has 0 aliphatic heterocycles. The van der Waals surface area contributed by atoms with Crippen molar-refractivity contribution < 1.29 is 4.74 Å². The van der Waals surface area contributed by atoms with Crippen molar-refractivity contribution in [1.29, 1.82) is 0 Å². The first-order valence-corrected chi connectivity index (χ1v) is 8.05. The van der Waals surface area contributed by atoms with Crippen LogP contribution in [0.3, 0.4) is 0 Å². The lowest BCUT2D eigenvalue weighted by Gasteiger charge is -2.12. The van der Waals surface area contributed by atoms with Gasteiger partial charge in [-0.25, -0.2) is 0 Å². The molecule has 0 radical (unpaired) electrons. The molecule has 114 valence electrons. The van der Waals surface area contributed by atoms with E-state index in [0.717, 1.165) is 25.3 Å². The fraction of sp³-hybridized carbons (Fsp3) is 0.500.